The minimum atomic E-state index is -1.08. The van der Waals surface area contributed by atoms with Crippen molar-refractivity contribution in [3.05, 3.63) is 46.7 Å². The van der Waals surface area contributed by atoms with Gasteiger partial charge in [0.15, 0.2) is 17.3 Å². The fourth-order valence-electron chi connectivity index (χ4n) is 1.19. The van der Waals surface area contributed by atoms with Gasteiger partial charge in [0.1, 0.15) is 6.61 Å². The molecule has 0 aliphatic rings. The number of nitrogens with zero attached hydrogens (tertiary/aromatic N) is 1. The molecule has 1 aromatic heterocycles. The molecule has 17 heavy (non-hydrogen) atoms. The summed E-state index contributed by atoms with van der Waals surface area (Å²) in [4.78, 5) is 11.2. The number of halogens is 1. The SMILES string of the molecule is O=C(O)c1cc(COc2ccccc2F)sn1. The van der Waals surface area contributed by atoms with Crippen molar-refractivity contribution in [2.75, 3.05) is 0 Å². The number of rotatable bonds is 4. The van der Waals surface area contributed by atoms with Gasteiger partial charge < -0.3 is 9.84 Å². The van der Waals surface area contributed by atoms with Gasteiger partial charge in [0.2, 0.25) is 0 Å². The lowest BCUT2D eigenvalue weighted by Gasteiger charge is -2.04. The molecule has 0 aliphatic heterocycles. The number of hydrogen-bond donors (Lipinski definition) is 1. The molecule has 0 bridgehead atoms. The van der Waals surface area contributed by atoms with Crippen LogP contribution in [0.4, 0.5) is 4.39 Å². The Kier molecular flexibility index (Phi) is 3.34. The maximum atomic E-state index is 13.2. The van der Waals surface area contributed by atoms with E-state index in [4.69, 9.17) is 9.84 Å². The lowest BCUT2D eigenvalue weighted by Crippen LogP contribution is -1.96. The number of aromatic carboxylic acids is 1. The van der Waals surface area contributed by atoms with Crippen LogP contribution in [0.25, 0.3) is 0 Å². The first kappa shape index (κ1) is 11.5. The summed E-state index contributed by atoms with van der Waals surface area (Å²) in [5.74, 6) is -1.40. The van der Waals surface area contributed by atoms with Crippen LogP contribution < -0.4 is 4.74 Å². The van der Waals surface area contributed by atoms with E-state index in [1.807, 2.05) is 0 Å². The molecule has 0 saturated carbocycles. The van der Waals surface area contributed by atoms with Crippen LogP contribution in [-0.4, -0.2) is 15.4 Å². The Morgan fingerprint density at radius 2 is 2.24 bits per heavy atom. The van der Waals surface area contributed by atoms with Gasteiger partial charge in [-0.2, -0.15) is 4.37 Å². The lowest BCUT2D eigenvalue weighted by molar-refractivity contribution is 0.0692. The molecular formula is C11H8FNO3S. The second kappa shape index (κ2) is 4.92. The minimum Gasteiger partial charge on any atom is -0.485 e. The molecule has 4 nitrogen and oxygen atoms in total. The van der Waals surface area contributed by atoms with Gasteiger partial charge in [-0.25, -0.2) is 9.18 Å². The van der Waals surface area contributed by atoms with Crippen LogP contribution in [0.2, 0.25) is 0 Å². The number of carboxylic acid groups (broad SMARTS) is 1. The smallest absolute Gasteiger partial charge is 0.355 e. The summed E-state index contributed by atoms with van der Waals surface area (Å²) in [5.41, 5.74) is -0.0258. The van der Waals surface area contributed by atoms with E-state index >= 15 is 0 Å². The van der Waals surface area contributed by atoms with E-state index in [0.717, 1.165) is 11.5 Å². The van der Waals surface area contributed by atoms with Crippen molar-refractivity contribution in [2.24, 2.45) is 0 Å². The summed E-state index contributed by atoms with van der Waals surface area (Å²) in [5, 5.41) is 8.67. The van der Waals surface area contributed by atoms with Crippen LogP contribution >= 0.6 is 11.5 Å². The molecule has 1 aromatic carbocycles. The Balaban J connectivity index is 2.02. The number of carbonyl (C=O) groups is 1. The molecule has 0 atom stereocenters. The van der Waals surface area contributed by atoms with E-state index in [1.54, 1.807) is 12.1 Å². The first-order valence-corrected chi connectivity index (χ1v) is 5.50. The second-order valence-electron chi connectivity index (χ2n) is 3.20. The van der Waals surface area contributed by atoms with Crippen LogP contribution in [0.3, 0.4) is 0 Å². The fourth-order valence-corrected chi connectivity index (χ4v) is 1.81. The highest BCUT2D eigenvalue weighted by molar-refractivity contribution is 7.05. The molecule has 0 saturated heterocycles. The van der Waals surface area contributed by atoms with E-state index < -0.39 is 11.8 Å². The van der Waals surface area contributed by atoms with Gasteiger partial charge in [-0.1, -0.05) is 12.1 Å². The summed E-state index contributed by atoms with van der Waals surface area (Å²) >= 11 is 1.02. The highest BCUT2D eigenvalue weighted by Crippen LogP contribution is 2.18. The van der Waals surface area contributed by atoms with Gasteiger partial charge in [0, 0.05) is 0 Å². The van der Waals surface area contributed by atoms with Gasteiger partial charge in [-0.05, 0) is 29.7 Å². The van der Waals surface area contributed by atoms with Crippen LogP contribution in [-0.2, 0) is 6.61 Å². The molecule has 0 unspecified atom stereocenters. The van der Waals surface area contributed by atoms with Crippen molar-refractivity contribution >= 4 is 17.5 Å². The molecule has 6 heteroatoms. The lowest BCUT2D eigenvalue weighted by atomic mass is 10.3. The van der Waals surface area contributed by atoms with Crippen molar-refractivity contribution in [2.45, 2.75) is 6.61 Å². The van der Waals surface area contributed by atoms with Crippen molar-refractivity contribution in [3.63, 3.8) is 0 Å². The number of para-hydroxylation sites is 1. The predicted molar refractivity (Wildman–Crippen MR) is 59.8 cm³/mol. The molecule has 0 fully saturated rings. The predicted octanol–water partition coefficient (Wildman–Crippen LogP) is 2.56. The van der Waals surface area contributed by atoms with Gasteiger partial charge in [-0.15, -0.1) is 0 Å². The standard InChI is InChI=1S/C11H8FNO3S/c12-8-3-1-2-4-10(8)16-6-7-5-9(11(14)15)13-17-7/h1-5H,6H2,(H,14,15). The Morgan fingerprint density at radius 1 is 1.47 bits per heavy atom. The van der Waals surface area contributed by atoms with Crippen LogP contribution in [0.15, 0.2) is 30.3 Å². The van der Waals surface area contributed by atoms with Crippen LogP contribution in [0.1, 0.15) is 15.4 Å². The Labute approximate surface area is 100 Å². The first-order valence-electron chi connectivity index (χ1n) is 4.73. The fraction of sp³-hybridized carbons (Fsp3) is 0.0909. The molecule has 0 amide bonds. The molecule has 0 spiro atoms. The highest BCUT2D eigenvalue weighted by Gasteiger charge is 2.09. The molecule has 1 N–H and O–H groups in total. The van der Waals surface area contributed by atoms with E-state index in [9.17, 15) is 9.18 Å². The number of aromatic nitrogens is 1. The number of carboxylic acids is 1. The minimum absolute atomic E-state index is 0.0258. The first-order chi connectivity index (χ1) is 8.16. The van der Waals surface area contributed by atoms with E-state index in [-0.39, 0.29) is 18.1 Å². The molecule has 1 heterocycles. The average molecular weight is 253 g/mol. The van der Waals surface area contributed by atoms with Crippen molar-refractivity contribution in [3.8, 4) is 5.75 Å². The number of hydrogen-bond acceptors (Lipinski definition) is 4. The zero-order chi connectivity index (χ0) is 12.3. The zero-order valence-corrected chi connectivity index (χ0v) is 9.41. The van der Waals surface area contributed by atoms with Crippen molar-refractivity contribution in [1.82, 2.24) is 4.37 Å². The molecule has 2 rings (SSSR count). The average Bonchev–Trinajstić information content (AvgIpc) is 2.77. The van der Waals surface area contributed by atoms with Crippen LogP contribution in [0, 0.1) is 5.82 Å². The summed E-state index contributed by atoms with van der Waals surface area (Å²) in [6.07, 6.45) is 0. The molecule has 2 aromatic rings. The third-order valence-corrected chi connectivity index (χ3v) is 2.74. The summed E-state index contributed by atoms with van der Waals surface area (Å²) in [6, 6.07) is 7.44. The quantitative estimate of drug-likeness (QED) is 0.909. The molecule has 0 radical (unpaired) electrons. The van der Waals surface area contributed by atoms with Gasteiger partial charge in [0.25, 0.3) is 0 Å². The Bertz CT molecular complexity index is 541. The third-order valence-electron chi connectivity index (χ3n) is 1.98. The Morgan fingerprint density at radius 3 is 2.88 bits per heavy atom. The van der Waals surface area contributed by atoms with Gasteiger partial charge in [-0.3, -0.25) is 0 Å². The monoisotopic (exact) mass is 253 g/mol. The molecule has 0 aliphatic carbocycles. The van der Waals surface area contributed by atoms with E-state index in [2.05, 4.69) is 4.37 Å². The normalized spacial score (nSPS) is 10.2. The number of ether oxygens (including phenoxy) is 1. The van der Waals surface area contributed by atoms with Crippen LogP contribution in [0.5, 0.6) is 5.75 Å². The Hall–Kier alpha value is -1.95. The topological polar surface area (TPSA) is 59.4 Å². The van der Waals surface area contributed by atoms with E-state index in [1.165, 1.54) is 18.2 Å². The third kappa shape index (κ3) is 2.79. The van der Waals surface area contributed by atoms with Crippen molar-refractivity contribution < 1.29 is 19.0 Å². The maximum absolute atomic E-state index is 13.2. The van der Waals surface area contributed by atoms with Gasteiger partial charge >= 0.3 is 5.97 Å². The molecule has 88 valence electrons. The second-order valence-corrected chi connectivity index (χ2v) is 4.09. The summed E-state index contributed by atoms with van der Waals surface area (Å²) < 4.78 is 22.1. The highest BCUT2D eigenvalue weighted by atomic mass is 32.1. The summed E-state index contributed by atoms with van der Waals surface area (Å²) in [6.45, 7) is 0.103. The van der Waals surface area contributed by atoms with Gasteiger partial charge in [0.05, 0.1) is 4.88 Å². The summed E-state index contributed by atoms with van der Waals surface area (Å²) in [7, 11) is 0. The zero-order valence-electron chi connectivity index (χ0n) is 8.59. The van der Waals surface area contributed by atoms with Crippen molar-refractivity contribution in [1.29, 1.82) is 0 Å². The molecular weight excluding hydrogens is 245 g/mol. The maximum Gasteiger partial charge on any atom is 0.355 e. The van der Waals surface area contributed by atoms with E-state index in [0.29, 0.717) is 4.88 Å². The number of benzene rings is 1. The largest absolute Gasteiger partial charge is 0.485 e.